The van der Waals surface area contributed by atoms with Crippen LogP contribution in [0, 0.1) is 22.7 Å². The number of ether oxygens (including phenoxy) is 2. The summed E-state index contributed by atoms with van der Waals surface area (Å²) in [7, 11) is 0. The van der Waals surface area contributed by atoms with Crippen molar-refractivity contribution in [3.63, 3.8) is 0 Å². The molecule has 8 nitrogen and oxygen atoms in total. The molecule has 2 saturated heterocycles. The van der Waals surface area contributed by atoms with Gasteiger partial charge in [-0.25, -0.2) is 0 Å². The molecule has 4 N–H and O–H groups in total. The summed E-state index contributed by atoms with van der Waals surface area (Å²) >= 11 is 0. The van der Waals surface area contributed by atoms with Gasteiger partial charge in [0.25, 0.3) is 0 Å². The van der Waals surface area contributed by atoms with Crippen molar-refractivity contribution in [1.82, 2.24) is 0 Å². The molecule has 0 aromatic heterocycles. The highest BCUT2D eigenvalue weighted by Gasteiger charge is 2.99. The second-order valence-electron chi connectivity index (χ2n) is 12.7. The molecular formula is C34H32O8. The second-order valence-corrected chi connectivity index (χ2v) is 12.7. The summed E-state index contributed by atoms with van der Waals surface area (Å²) in [6.45, 7) is 5.93. The molecule has 8 heteroatoms. The zero-order valence-electron chi connectivity index (χ0n) is 23.7. The molecule has 0 radical (unpaired) electrons. The van der Waals surface area contributed by atoms with Crippen LogP contribution in [0.25, 0.3) is 12.2 Å². The number of aliphatic hydroxyl groups is 4. The number of rotatable bonds is 4. The fourth-order valence-electron chi connectivity index (χ4n) is 8.91. The first kappa shape index (κ1) is 27.0. The first-order chi connectivity index (χ1) is 19.7. The summed E-state index contributed by atoms with van der Waals surface area (Å²) in [5.41, 5.74) is -6.16. The van der Waals surface area contributed by atoms with Gasteiger partial charge >= 0.3 is 0 Å². The van der Waals surface area contributed by atoms with E-state index in [1.165, 1.54) is 39.8 Å². The summed E-state index contributed by atoms with van der Waals surface area (Å²) in [5.74, 6) is -9.31. The monoisotopic (exact) mass is 568 g/mol. The topological polar surface area (TPSA) is 134 Å². The average Bonchev–Trinajstić information content (AvgIpc) is 3.29. The van der Waals surface area contributed by atoms with Gasteiger partial charge < -0.3 is 29.9 Å². The molecule has 3 saturated carbocycles. The highest BCUT2D eigenvalue weighted by Crippen LogP contribution is 2.83. The van der Waals surface area contributed by atoms with Crippen molar-refractivity contribution in [2.75, 3.05) is 0 Å². The minimum Gasteiger partial charge on any atom is -0.508 e. The van der Waals surface area contributed by atoms with E-state index in [0.29, 0.717) is 0 Å². The smallest absolute Gasteiger partial charge is 0.210 e. The second kappa shape index (κ2) is 7.96. The molecule has 0 amide bonds. The number of benzene rings is 2. The SMILES string of the molecule is CC12O[C@@]3(O)[C@@]4(C)O[C@]1(O)[C@@]1(C)C(=O)/C(=C(O)/C=C/c5ccccc5)[C@@H]2[C@]3(C)C(=O)/C(=C(O)/C=C/c2ccccc2)[C@@H]41. The van der Waals surface area contributed by atoms with E-state index < -0.39 is 68.5 Å². The van der Waals surface area contributed by atoms with Gasteiger partial charge in [0.15, 0.2) is 11.6 Å². The van der Waals surface area contributed by atoms with Gasteiger partial charge in [-0.2, -0.15) is 0 Å². The predicted octanol–water partition coefficient (Wildman–Crippen LogP) is 4.42. The van der Waals surface area contributed by atoms with Crippen molar-refractivity contribution < 1.29 is 39.5 Å². The van der Waals surface area contributed by atoms with Gasteiger partial charge in [0.05, 0.1) is 10.8 Å². The van der Waals surface area contributed by atoms with Gasteiger partial charge in [-0.3, -0.25) is 9.59 Å². The van der Waals surface area contributed by atoms with E-state index in [0.717, 1.165) is 11.1 Å². The van der Waals surface area contributed by atoms with E-state index in [2.05, 4.69) is 0 Å². The molecule has 2 aliphatic heterocycles. The Morgan fingerprint density at radius 2 is 0.976 bits per heavy atom. The molecule has 2 aromatic carbocycles. The minimum absolute atomic E-state index is 0.125. The van der Waals surface area contributed by atoms with Crippen LogP contribution in [0.1, 0.15) is 38.8 Å². The van der Waals surface area contributed by atoms with Crippen LogP contribution in [-0.2, 0) is 19.1 Å². The first-order valence-corrected chi connectivity index (χ1v) is 14.0. The summed E-state index contributed by atoms with van der Waals surface area (Å²) < 4.78 is 12.7. The molecule has 0 spiro atoms. The largest absolute Gasteiger partial charge is 0.508 e. The molecule has 42 heavy (non-hydrogen) atoms. The highest BCUT2D eigenvalue weighted by atomic mass is 16.8. The summed E-state index contributed by atoms with van der Waals surface area (Å²) in [5, 5.41) is 47.7. The van der Waals surface area contributed by atoms with Crippen LogP contribution in [0.3, 0.4) is 0 Å². The summed E-state index contributed by atoms with van der Waals surface area (Å²) in [6, 6.07) is 18.3. The van der Waals surface area contributed by atoms with Crippen LogP contribution < -0.4 is 0 Å². The van der Waals surface area contributed by atoms with Crippen molar-refractivity contribution in [2.45, 2.75) is 50.5 Å². The third-order valence-electron chi connectivity index (χ3n) is 10.8. The Kier molecular flexibility index (Phi) is 5.13. The Balaban J connectivity index is 1.50. The number of hydrogen-bond acceptors (Lipinski definition) is 8. The molecule has 7 rings (SSSR count). The number of Topliss-reactive ketones (excluding diaryl/α,β-unsaturated/α-hetero) is 2. The molecule has 5 aliphatic rings. The number of aliphatic hydroxyl groups excluding tert-OH is 2. The van der Waals surface area contributed by atoms with Crippen LogP contribution in [0.15, 0.2) is 95.5 Å². The molecule has 8 bridgehead atoms. The Morgan fingerprint density at radius 3 is 1.31 bits per heavy atom. The zero-order valence-corrected chi connectivity index (χ0v) is 23.7. The van der Waals surface area contributed by atoms with Crippen LogP contribution >= 0.6 is 0 Å². The Morgan fingerprint density at radius 1 is 0.643 bits per heavy atom. The summed E-state index contributed by atoms with van der Waals surface area (Å²) in [4.78, 5) is 29.3. The fourth-order valence-corrected chi connectivity index (χ4v) is 8.91. The van der Waals surface area contributed by atoms with Gasteiger partial charge in [-0.05, 0) is 51.0 Å². The third kappa shape index (κ3) is 2.64. The van der Waals surface area contributed by atoms with E-state index in [4.69, 9.17) is 9.47 Å². The lowest BCUT2D eigenvalue weighted by Crippen LogP contribution is -2.74. The first-order valence-electron chi connectivity index (χ1n) is 14.0. The molecular weight excluding hydrogens is 536 g/mol. The third-order valence-corrected chi connectivity index (χ3v) is 10.8. The minimum atomic E-state index is -2.30. The van der Waals surface area contributed by atoms with Gasteiger partial charge in [-0.15, -0.1) is 0 Å². The molecule has 216 valence electrons. The van der Waals surface area contributed by atoms with Gasteiger partial charge in [0.2, 0.25) is 11.6 Å². The summed E-state index contributed by atoms with van der Waals surface area (Å²) in [6.07, 6.45) is 6.02. The van der Waals surface area contributed by atoms with Gasteiger partial charge in [-0.1, -0.05) is 72.8 Å². The van der Waals surface area contributed by atoms with Crippen molar-refractivity contribution in [3.8, 4) is 0 Å². The predicted molar refractivity (Wildman–Crippen MR) is 152 cm³/mol. The maximum Gasteiger partial charge on any atom is 0.210 e. The number of carbonyl (C=O) groups excluding carboxylic acids is 2. The van der Waals surface area contributed by atoms with Gasteiger partial charge in [0.1, 0.15) is 22.7 Å². The van der Waals surface area contributed by atoms with Crippen molar-refractivity contribution in [3.05, 3.63) is 107 Å². The van der Waals surface area contributed by atoms with Crippen molar-refractivity contribution in [2.24, 2.45) is 22.7 Å². The quantitative estimate of drug-likeness (QED) is 0.315. The Labute approximate surface area is 242 Å². The van der Waals surface area contributed by atoms with E-state index >= 15 is 0 Å². The lowest BCUT2D eigenvalue weighted by Gasteiger charge is -2.58. The lowest BCUT2D eigenvalue weighted by atomic mass is 9.39. The molecule has 8 atom stereocenters. The maximum atomic E-state index is 14.7. The molecule has 2 heterocycles. The Hall–Kier alpha value is -3.82. The van der Waals surface area contributed by atoms with E-state index in [-0.39, 0.29) is 11.1 Å². The molecule has 1 unspecified atom stereocenters. The van der Waals surface area contributed by atoms with Crippen molar-refractivity contribution in [1.29, 1.82) is 0 Å². The van der Waals surface area contributed by atoms with Gasteiger partial charge in [0, 0.05) is 23.0 Å². The fraction of sp³-hybridized carbons (Fsp3) is 0.353. The molecule has 2 aromatic rings. The number of allylic oxidation sites excluding steroid dienone is 2. The molecule has 3 aliphatic carbocycles. The number of ketones is 2. The highest BCUT2D eigenvalue weighted by molar-refractivity contribution is 6.13. The van der Waals surface area contributed by atoms with Crippen LogP contribution in [0.5, 0.6) is 0 Å². The van der Waals surface area contributed by atoms with E-state index in [1.807, 2.05) is 60.7 Å². The van der Waals surface area contributed by atoms with E-state index in [1.54, 1.807) is 12.2 Å². The maximum absolute atomic E-state index is 14.7. The zero-order chi connectivity index (χ0) is 30.1. The number of hydrogen-bond donors (Lipinski definition) is 4. The van der Waals surface area contributed by atoms with Crippen LogP contribution in [-0.4, -0.2) is 54.8 Å². The van der Waals surface area contributed by atoms with E-state index in [9.17, 15) is 30.0 Å². The normalized spacial score (nSPS) is 45.5. The van der Waals surface area contributed by atoms with Crippen LogP contribution in [0.4, 0.5) is 0 Å². The Bertz CT molecular complexity index is 1560. The van der Waals surface area contributed by atoms with Crippen molar-refractivity contribution >= 4 is 23.7 Å². The van der Waals surface area contributed by atoms with Crippen LogP contribution in [0.2, 0.25) is 0 Å². The average molecular weight is 569 g/mol. The standard InChI is InChI=1S/C34H32O8/c1-29-25-23(21(35)17-15-19-11-7-5-8-12-19)28(38)30(2)26(32(4)33(29,39)41-31(25,3)34(30,40)42-32)24(27(29)37)22(36)18-16-20-13-9-6-10-14-20/h5-18,25-26,35-36,39-40H,1-4H3/b17-15+,18-16+,23-21-,24-22-/t25-,26-,29-,30-,31+,32?,33-,34-/m1/s1. The molecule has 5 fully saturated rings. The number of carbonyl (C=O) groups is 2. The lowest BCUT2D eigenvalue weighted by molar-refractivity contribution is -0.450.